The van der Waals surface area contributed by atoms with Crippen molar-refractivity contribution in [3.05, 3.63) is 51.0 Å². The summed E-state index contributed by atoms with van der Waals surface area (Å²) in [6.07, 6.45) is 5.95. The minimum absolute atomic E-state index is 0.0268. The smallest absolute Gasteiger partial charge is 0.251 e. The molecule has 86 valence electrons. The van der Waals surface area contributed by atoms with Gasteiger partial charge in [0.1, 0.15) is 12.0 Å². The van der Waals surface area contributed by atoms with Gasteiger partial charge >= 0.3 is 0 Å². The number of carbonyl (C=O) groups excluding carboxylic acids is 1. The molecule has 0 amide bonds. The van der Waals surface area contributed by atoms with Crippen LogP contribution in [0.15, 0.2) is 34.8 Å². The molecule has 1 heterocycles. The molecule has 17 heavy (non-hydrogen) atoms. The van der Waals surface area contributed by atoms with Crippen LogP contribution >= 0.6 is 0 Å². The van der Waals surface area contributed by atoms with Crippen molar-refractivity contribution in [1.82, 2.24) is 4.57 Å². The van der Waals surface area contributed by atoms with E-state index in [4.69, 9.17) is 4.74 Å². The molecule has 4 nitrogen and oxygen atoms in total. The van der Waals surface area contributed by atoms with Crippen LogP contribution < -0.4 is 16.1 Å². The zero-order valence-corrected chi connectivity index (χ0v) is 9.34. The van der Waals surface area contributed by atoms with E-state index in [1.165, 1.54) is 10.6 Å². The van der Waals surface area contributed by atoms with Gasteiger partial charge in [-0.15, -0.1) is 0 Å². The Balaban J connectivity index is 2.83. The van der Waals surface area contributed by atoms with Crippen molar-refractivity contribution >= 4 is 18.1 Å². The van der Waals surface area contributed by atoms with E-state index < -0.39 is 0 Å². The molecule has 2 rings (SSSR count). The number of fused-ring (bicyclic) bond motifs is 1. The summed E-state index contributed by atoms with van der Waals surface area (Å²) in [6, 6.07) is 3.14. The summed E-state index contributed by atoms with van der Waals surface area (Å²) in [5, 5.41) is 1.42. The van der Waals surface area contributed by atoms with Crippen molar-refractivity contribution in [2.45, 2.75) is 6.54 Å². The van der Waals surface area contributed by atoms with E-state index in [1.54, 1.807) is 25.3 Å². The van der Waals surface area contributed by atoms with Crippen molar-refractivity contribution in [2.75, 3.05) is 7.11 Å². The zero-order valence-electron chi connectivity index (χ0n) is 9.34. The predicted octanol–water partition coefficient (Wildman–Crippen LogP) is -0.693. The molecule has 0 radical (unpaired) electrons. The van der Waals surface area contributed by atoms with Crippen LogP contribution in [0, 0.1) is 0 Å². The van der Waals surface area contributed by atoms with Crippen LogP contribution in [0.25, 0.3) is 11.8 Å². The van der Waals surface area contributed by atoms with Gasteiger partial charge in [-0.05, 0) is 18.2 Å². The van der Waals surface area contributed by atoms with Gasteiger partial charge in [0.15, 0.2) is 0 Å². The van der Waals surface area contributed by atoms with E-state index in [2.05, 4.69) is 5.73 Å². The Morgan fingerprint density at radius 2 is 2.24 bits per heavy atom. The first-order valence-electron chi connectivity index (χ1n) is 5.12. The van der Waals surface area contributed by atoms with Gasteiger partial charge in [0.25, 0.3) is 5.56 Å². The van der Waals surface area contributed by atoms with E-state index in [-0.39, 0.29) is 12.1 Å². The second kappa shape index (κ2) is 4.68. The highest BCUT2D eigenvalue weighted by atomic mass is 16.5. The Morgan fingerprint density at radius 3 is 2.94 bits per heavy atom. The molecule has 0 saturated heterocycles. The highest BCUT2D eigenvalue weighted by Crippen LogP contribution is 1.97. The summed E-state index contributed by atoms with van der Waals surface area (Å²) in [6.45, 7) is 0.0268. The first kappa shape index (κ1) is 11.2. The molecule has 0 spiro atoms. The second-order valence-corrected chi connectivity index (χ2v) is 3.48. The minimum atomic E-state index is -0.217. The summed E-state index contributed by atoms with van der Waals surface area (Å²) < 4.78 is 6.46. The number of rotatable bonds is 3. The Kier molecular flexibility index (Phi) is 3.08. The molecule has 4 heteroatoms. The molecule has 0 aromatic carbocycles. The zero-order chi connectivity index (χ0) is 12.3. The van der Waals surface area contributed by atoms with Crippen LogP contribution in [0.4, 0.5) is 0 Å². The molecule has 1 aromatic heterocycles. The van der Waals surface area contributed by atoms with E-state index in [1.807, 2.05) is 6.08 Å². The number of aromatic nitrogens is 1. The van der Waals surface area contributed by atoms with Crippen molar-refractivity contribution < 1.29 is 9.53 Å². The van der Waals surface area contributed by atoms with E-state index in [9.17, 15) is 9.59 Å². The number of methoxy groups -OCH3 is 1. The molecule has 1 aromatic rings. The van der Waals surface area contributed by atoms with E-state index in [0.717, 1.165) is 5.22 Å². The van der Waals surface area contributed by atoms with E-state index >= 15 is 0 Å². The average molecular weight is 229 g/mol. The normalized spacial score (nSPS) is 12.6. The van der Waals surface area contributed by atoms with Crippen molar-refractivity contribution in [1.29, 1.82) is 0 Å². The monoisotopic (exact) mass is 229 g/mol. The standard InChI is InChI=1S/C13H11NO3/c1-17-11-4-2-10-3-7-13(16)14(8-9-15)12(10)6-5-11/h2-5,7,9H,8H2,1H3. The molecular weight excluding hydrogens is 218 g/mol. The Morgan fingerprint density at radius 1 is 1.41 bits per heavy atom. The summed E-state index contributed by atoms with van der Waals surface area (Å²) in [4.78, 5) is 22.2. The highest BCUT2D eigenvalue weighted by Gasteiger charge is 1.99. The lowest BCUT2D eigenvalue weighted by molar-refractivity contribution is -0.108. The van der Waals surface area contributed by atoms with Crippen LogP contribution in [0.3, 0.4) is 0 Å². The van der Waals surface area contributed by atoms with Gasteiger partial charge < -0.3 is 9.53 Å². The Bertz CT molecular complexity index is 688. The predicted molar refractivity (Wildman–Crippen MR) is 63.6 cm³/mol. The van der Waals surface area contributed by atoms with Crippen LogP contribution in [-0.2, 0) is 16.1 Å². The molecule has 1 aliphatic rings. The van der Waals surface area contributed by atoms with Crippen LogP contribution in [0.2, 0.25) is 0 Å². The number of carbonyl (C=O) groups is 1. The van der Waals surface area contributed by atoms with Gasteiger partial charge in [-0.25, -0.2) is 0 Å². The van der Waals surface area contributed by atoms with Crippen LogP contribution in [0.5, 0.6) is 0 Å². The van der Waals surface area contributed by atoms with Gasteiger partial charge in [-0.3, -0.25) is 9.36 Å². The average Bonchev–Trinajstić information content (AvgIpc) is 2.55. The molecule has 0 N–H and O–H groups in total. The van der Waals surface area contributed by atoms with Gasteiger partial charge in [-0.2, -0.15) is 0 Å². The lowest BCUT2D eigenvalue weighted by Crippen LogP contribution is -2.42. The van der Waals surface area contributed by atoms with Gasteiger partial charge in [-0.1, -0.05) is 5.73 Å². The first-order valence-corrected chi connectivity index (χ1v) is 5.12. The number of pyridine rings is 1. The first-order chi connectivity index (χ1) is 8.26. The number of hydrogen-bond donors (Lipinski definition) is 0. The fourth-order valence-electron chi connectivity index (χ4n) is 1.63. The fourth-order valence-corrected chi connectivity index (χ4v) is 1.63. The Labute approximate surface area is 97.5 Å². The third-order valence-electron chi connectivity index (χ3n) is 2.49. The third-order valence-corrected chi connectivity index (χ3v) is 2.49. The molecule has 0 atom stereocenters. The summed E-state index contributed by atoms with van der Waals surface area (Å²) in [5.74, 6) is 0.645. The summed E-state index contributed by atoms with van der Waals surface area (Å²) in [7, 11) is 1.56. The molecule has 0 bridgehead atoms. The number of hydrogen-bond acceptors (Lipinski definition) is 3. The number of aldehydes is 1. The third kappa shape index (κ3) is 2.12. The number of ether oxygens (including phenoxy) is 1. The molecule has 0 saturated carbocycles. The highest BCUT2D eigenvalue weighted by molar-refractivity contribution is 5.50. The summed E-state index contributed by atoms with van der Waals surface area (Å²) in [5.41, 5.74) is 2.76. The minimum Gasteiger partial charge on any atom is -0.496 e. The molecule has 0 unspecified atom stereocenters. The van der Waals surface area contributed by atoms with Gasteiger partial charge in [0.2, 0.25) is 0 Å². The van der Waals surface area contributed by atoms with Crippen molar-refractivity contribution in [3.8, 4) is 0 Å². The topological polar surface area (TPSA) is 48.3 Å². The molecule has 1 aliphatic carbocycles. The molecule has 0 fully saturated rings. The lowest BCUT2D eigenvalue weighted by Gasteiger charge is -1.99. The maximum atomic E-state index is 11.6. The number of allylic oxidation sites excluding steroid dienone is 2. The Hall–Kier alpha value is -2.32. The lowest BCUT2D eigenvalue weighted by atomic mass is 10.3. The van der Waals surface area contributed by atoms with Crippen LogP contribution in [0.1, 0.15) is 0 Å². The van der Waals surface area contributed by atoms with Crippen molar-refractivity contribution in [3.63, 3.8) is 0 Å². The fraction of sp³-hybridized carbons (Fsp3) is 0.154. The molecular formula is C13H11NO3. The van der Waals surface area contributed by atoms with Crippen molar-refractivity contribution in [2.24, 2.45) is 0 Å². The van der Waals surface area contributed by atoms with Gasteiger partial charge in [0.05, 0.1) is 19.0 Å². The molecule has 0 aliphatic heterocycles. The summed E-state index contributed by atoms with van der Waals surface area (Å²) >= 11 is 0. The maximum absolute atomic E-state index is 11.6. The maximum Gasteiger partial charge on any atom is 0.251 e. The van der Waals surface area contributed by atoms with Gasteiger partial charge in [0, 0.05) is 17.4 Å². The quantitative estimate of drug-likeness (QED) is 0.644. The second-order valence-electron chi connectivity index (χ2n) is 3.48. The SMILES string of the molecule is COC1=CC=c2ccc(=O)n(CC=O)c2=C=C1. The van der Waals surface area contributed by atoms with Crippen LogP contribution in [-0.4, -0.2) is 18.0 Å². The van der Waals surface area contributed by atoms with E-state index in [0.29, 0.717) is 17.4 Å². The largest absolute Gasteiger partial charge is 0.496 e. The number of nitrogens with zero attached hydrogens (tertiary/aromatic N) is 1.